The molecule has 0 radical (unpaired) electrons. The third kappa shape index (κ3) is 3.35. The molecule has 0 amide bonds. The Morgan fingerprint density at radius 1 is 0.722 bits per heavy atom. The summed E-state index contributed by atoms with van der Waals surface area (Å²) >= 11 is 0. The Bertz CT molecular complexity index is 480. The lowest BCUT2D eigenvalue weighted by atomic mass is 10.2. The average molecular weight is 241 g/mol. The molecule has 0 aromatic heterocycles. The van der Waals surface area contributed by atoms with Crippen LogP contribution in [0.15, 0.2) is 48.5 Å². The fourth-order valence-electron chi connectivity index (χ4n) is 1.45. The number of aryl methyl sites for hydroxylation is 2. The van der Waals surface area contributed by atoms with Crippen molar-refractivity contribution in [3.8, 4) is 11.5 Å². The van der Waals surface area contributed by atoms with E-state index >= 15 is 0 Å². The Labute approximate surface area is 106 Å². The van der Waals surface area contributed by atoms with Crippen LogP contribution in [0, 0.1) is 19.3 Å². The van der Waals surface area contributed by atoms with Gasteiger partial charge < -0.3 is 9.47 Å². The van der Waals surface area contributed by atoms with Gasteiger partial charge in [-0.25, -0.2) is 5.41 Å². The van der Waals surface area contributed by atoms with Crippen LogP contribution in [0.2, 0.25) is 0 Å². The highest BCUT2D eigenvalue weighted by molar-refractivity contribution is 5.69. The Morgan fingerprint density at radius 3 is 1.39 bits per heavy atom. The zero-order chi connectivity index (χ0) is 13.0. The summed E-state index contributed by atoms with van der Waals surface area (Å²) in [5, 5.41) is 7.63. The summed E-state index contributed by atoms with van der Waals surface area (Å²) in [7, 11) is 0. The molecule has 0 aliphatic carbocycles. The van der Waals surface area contributed by atoms with E-state index < -0.39 is 0 Å². The van der Waals surface area contributed by atoms with Crippen LogP contribution in [0.3, 0.4) is 0 Å². The van der Waals surface area contributed by atoms with Gasteiger partial charge in [0, 0.05) is 0 Å². The van der Waals surface area contributed by atoms with E-state index in [1.54, 1.807) is 0 Å². The normalized spacial score (nSPS) is 9.89. The van der Waals surface area contributed by atoms with Gasteiger partial charge in [0.05, 0.1) is 0 Å². The van der Waals surface area contributed by atoms with Crippen molar-refractivity contribution in [2.75, 3.05) is 0 Å². The minimum Gasteiger partial charge on any atom is -0.411 e. The van der Waals surface area contributed by atoms with Crippen molar-refractivity contribution in [3.63, 3.8) is 0 Å². The Balaban J connectivity index is 1.96. The minimum atomic E-state index is -0.234. The fourth-order valence-corrected chi connectivity index (χ4v) is 1.45. The molecule has 0 saturated heterocycles. The number of hydrogen-bond donors (Lipinski definition) is 1. The molecular weight excluding hydrogens is 226 g/mol. The summed E-state index contributed by atoms with van der Waals surface area (Å²) in [4.78, 5) is 0. The third-order valence-electron chi connectivity index (χ3n) is 2.46. The van der Waals surface area contributed by atoms with Gasteiger partial charge in [-0.05, 0) is 38.1 Å². The molecule has 2 aromatic carbocycles. The second-order valence-electron chi connectivity index (χ2n) is 4.12. The number of ether oxygens (including phenoxy) is 2. The highest BCUT2D eigenvalue weighted by Crippen LogP contribution is 2.15. The van der Waals surface area contributed by atoms with Crippen LogP contribution in [0.5, 0.6) is 11.5 Å². The van der Waals surface area contributed by atoms with Crippen LogP contribution in [-0.2, 0) is 0 Å². The summed E-state index contributed by atoms with van der Waals surface area (Å²) in [6.45, 7) is 4.00. The molecule has 2 aromatic rings. The molecule has 0 aliphatic rings. The van der Waals surface area contributed by atoms with Gasteiger partial charge in [-0.3, -0.25) is 0 Å². The van der Waals surface area contributed by atoms with E-state index in [1.165, 1.54) is 0 Å². The maximum atomic E-state index is 7.63. The molecule has 18 heavy (non-hydrogen) atoms. The van der Waals surface area contributed by atoms with Crippen LogP contribution in [-0.4, -0.2) is 6.08 Å². The Kier molecular flexibility index (Phi) is 3.63. The molecule has 1 N–H and O–H groups in total. The summed E-state index contributed by atoms with van der Waals surface area (Å²) in [6.07, 6.45) is -0.234. The molecule has 0 bridgehead atoms. The maximum Gasteiger partial charge on any atom is 0.391 e. The Hall–Kier alpha value is -2.29. The van der Waals surface area contributed by atoms with Crippen molar-refractivity contribution in [1.82, 2.24) is 0 Å². The first-order valence-electron chi connectivity index (χ1n) is 5.71. The van der Waals surface area contributed by atoms with Gasteiger partial charge in [0.15, 0.2) is 0 Å². The van der Waals surface area contributed by atoms with Crippen LogP contribution in [0.25, 0.3) is 0 Å². The van der Waals surface area contributed by atoms with Crippen LogP contribution in [0.1, 0.15) is 11.1 Å². The predicted molar refractivity (Wildman–Crippen MR) is 71.3 cm³/mol. The van der Waals surface area contributed by atoms with E-state index in [9.17, 15) is 0 Å². The summed E-state index contributed by atoms with van der Waals surface area (Å²) < 4.78 is 10.5. The van der Waals surface area contributed by atoms with E-state index in [4.69, 9.17) is 14.9 Å². The molecule has 0 saturated carbocycles. The molecule has 92 valence electrons. The van der Waals surface area contributed by atoms with E-state index in [0.29, 0.717) is 11.5 Å². The number of nitrogens with one attached hydrogen (secondary N) is 1. The highest BCUT2D eigenvalue weighted by atomic mass is 16.7. The van der Waals surface area contributed by atoms with Crippen LogP contribution in [0.4, 0.5) is 0 Å². The highest BCUT2D eigenvalue weighted by Gasteiger charge is 2.03. The molecule has 0 fully saturated rings. The number of benzene rings is 2. The van der Waals surface area contributed by atoms with Gasteiger partial charge in [-0.1, -0.05) is 35.4 Å². The summed E-state index contributed by atoms with van der Waals surface area (Å²) in [5.74, 6) is 1.19. The average Bonchev–Trinajstić information content (AvgIpc) is 2.35. The van der Waals surface area contributed by atoms with Crippen LogP contribution < -0.4 is 9.47 Å². The van der Waals surface area contributed by atoms with E-state index in [0.717, 1.165) is 11.1 Å². The van der Waals surface area contributed by atoms with Crippen molar-refractivity contribution in [3.05, 3.63) is 59.7 Å². The van der Waals surface area contributed by atoms with Gasteiger partial charge in [-0.15, -0.1) is 0 Å². The Morgan fingerprint density at radius 2 is 1.06 bits per heavy atom. The van der Waals surface area contributed by atoms with Crippen molar-refractivity contribution in [1.29, 1.82) is 5.41 Å². The second-order valence-corrected chi connectivity index (χ2v) is 4.12. The van der Waals surface area contributed by atoms with Gasteiger partial charge >= 0.3 is 6.08 Å². The molecule has 0 atom stereocenters. The summed E-state index contributed by atoms with van der Waals surface area (Å²) in [6, 6.07) is 14.9. The molecule has 0 unspecified atom stereocenters. The molecular formula is C15H15NO2. The lowest BCUT2D eigenvalue weighted by molar-refractivity contribution is 0.379. The van der Waals surface area contributed by atoms with Crippen molar-refractivity contribution >= 4 is 6.08 Å². The third-order valence-corrected chi connectivity index (χ3v) is 2.46. The van der Waals surface area contributed by atoms with Crippen molar-refractivity contribution in [2.24, 2.45) is 0 Å². The molecule has 0 aliphatic heterocycles. The topological polar surface area (TPSA) is 42.3 Å². The van der Waals surface area contributed by atoms with Gasteiger partial charge in [0.2, 0.25) is 0 Å². The van der Waals surface area contributed by atoms with E-state index in [1.807, 2.05) is 62.4 Å². The van der Waals surface area contributed by atoms with Gasteiger partial charge in [0.25, 0.3) is 0 Å². The first kappa shape index (κ1) is 12.2. The quantitative estimate of drug-likeness (QED) is 0.643. The van der Waals surface area contributed by atoms with Gasteiger partial charge in [-0.2, -0.15) is 0 Å². The first-order chi connectivity index (χ1) is 8.63. The zero-order valence-corrected chi connectivity index (χ0v) is 10.4. The lowest BCUT2D eigenvalue weighted by Gasteiger charge is -2.08. The molecule has 0 spiro atoms. The standard InChI is InChI=1S/C15H15NO2/c1-11-3-7-13(8-4-11)17-15(16)18-14-9-5-12(2)6-10-14/h3-10,16H,1-2H3. The monoisotopic (exact) mass is 241 g/mol. The lowest BCUT2D eigenvalue weighted by Crippen LogP contribution is -2.14. The largest absolute Gasteiger partial charge is 0.411 e. The maximum absolute atomic E-state index is 7.63. The zero-order valence-electron chi connectivity index (χ0n) is 10.4. The summed E-state index contributed by atoms with van der Waals surface area (Å²) in [5.41, 5.74) is 2.29. The molecule has 2 rings (SSSR count). The number of rotatable bonds is 2. The first-order valence-corrected chi connectivity index (χ1v) is 5.71. The molecule has 3 heteroatoms. The van der Waals surface area contributed by atoms with E-state index in [-0.39, 0.29) is 6.08 Å². The smallest absolute Gasteiger partial charge is 0.391 e. The van der Waals surface area contributed by atoms with Crippen LogP contribution >= 0.6 is 0 Å². The van der Waals surface area contributed by atoms with Gasteiger partial charge in [0.1, 0.15) is 11.5 Å². The SMILES string of the molecule is Cc1ccc(OC(=N)Oc2ccc(C)cc2)cc1. The predicted octanol–water partition coefficient (Wildman–Crippen LogP) is 3.70. The van der Waals surface area contributed by atoms with E-state index in [2.05, 4.69) is 0 Å². The fraction of sp³-hybridized carbons (Fsp3) is 0.133. The second kappa shape index (κ2) is 5.36. The minimum absolute atomic E-state index is 0.234. The molecule has 3 nitrogen and oxygen atoms in total. The molecule has 0 heterocycles. The van der Waals surface area contributed by atoms with Crippen molar-refractivity contribution in [2.45, 2.75) is 13.8 Å². The number of hydrogen-bond acceptors (Lipinski definition) is 3. The van der Waals surface area contributed by atoms with Crippen molar-refractivity contribution < 1.29 is 9.47 Å².